The van der Waals surface area contributed by atoms with Crippen molar-refractivity contribution in [3.8, 4) is 0 Å². The van der Waals surface area contributed by atoms with E-state index in [9.17, 15) is 29.4 Å². The van der Waals surface area contributed by atoms with Gasteiger partial charge in [0.25, 0.3) is 0 Å². The van der Waals surface area contributed by atoms with Crippen LogP contribution in [0.15, 0.2) is 41.1 Å². The van der Waals surface area contributed by atoms with Crippen LogP contribution in [0.1, 0.15) is 111 Å². The Morgan fingerprint density at radius 3 is 2.59 bits per heavy atom. The summed E-state index contributed by atoms with van der Waals surface area (Å²) >= 11 is 0. The van der Waals surface area contributed by atoms with Gasteiger partial charge in [-0.05, 0) is 101 Å². The number of nitrogens with zero attached hydrogens (tertiary/aromatic N) is 1. The Labute approximate surface area is 288 Å². The average Bonchev–Trinajstić information content (AvgIpc) is 3.23. The third-order valence-electron chi connectivity index (χ3n) is 12.4. The lowest BCUT2D eigenvalue weighted by molar-refractivity contribution is -0.208. The number of alkyl halides is 1. The lowest BCUT2D eigenvalue weighted by atomic mass is 9.44. The Hall–Kier alpha value is -3.38. The summed E-state index contributed by atoms with van der Waals surface area (Å²) in [5.74, 6) is -2.23. The molecule has 0 aromatic heterocycles. The summed E-state index contributed by atoms with van der Waals surface area (Å²) in [5.41, 5.74) is 2.62. The number of halogens is 1. The van der Waals surface area contributed by atoms with E-state index >= 15 is 4.39 Å². The summed E-state index contributed by atoms with van der Waals surface area (Å²) in [6, 6.07) is 0. The van der Waals surface area contributed by atoms with Crippen molar-refractivity contribution >= 4 is 29.4 Å². The number of carbonyl (C=O) groups excluding carboxylic acids is 4. The first kappa shape index (κ1) is 36.9. The molecular weight excluding hydrogens is 631 g/mol. The van der Waals surface area contributed by atoms with Crippen molar-refractivity contribution in [1.29, 1.82) is 0 Å². The minimum absolute atomic E-state index is 0.00280. The van der Waals surface area contributed by atoms with E-state index in [1.54, 1.807) is 13.0 Å². The number of aliphatic hydroxyl groups excluding tert-OH is 1. The smallest absolute Gasteiger partial charge is 0.426 e. The molecule has 0 aromatic rings. The summed E-state index contributed by atoms with van der Waals surface area (Å²) in [6.07, 6.45) is 12.7. The highest BCUT2D eigenvalue weighted by molar-refractivity contribution is 6.01. The molecule has 9 atom stereocenters. The summed E-state index contributed by atoms with van der Waals surface area (Å²) in [5, 5.41) is 28.5. The third kappa shape index (κ3) is 6.62. The third-order valence-corrected chi connectivity index (χ3v) is 12.4. The van der Waals surface area contributed by atoms with Gasteiger partial charge in [0.05, 0.1) is 11.8 Å². The molecular formula is C37H53FN4O7. The minimum Gasteiger partial charge on any atom is -0.441 e. The van der Waals surface area contributed by atoms with Crippen molar-refractivity contribution < 1.29 is 38.5 Å². The topological polar surface area (TPSA) is 166 Å². The fourth-order valence-electron chi connectivity index (χ4n) is 9.77. The van der Waals surface area contributed by atoms with E-state index in [0.717, 1.165) is 32.1 Å². The first-order chi connectivity index (χ1) is 23.2. The second-order valence-corrected chi connectivity index (χ2v) is 15.2. The van der Waals surface area contributed by atoms with Gasteiger partial charge in [0.2, 0.25) is 11.8 Å². The normalized spacial score (nSPS) is 39.2. The van der Waals surface area contributed by atoms with E-state index in [1.165, 1.54) is 12.2 Å². The zero-order valence-electron chi connectivity index (χ0n) is 29.2. The molecule has 0 heterocycles. The predicted octanol–water partition coefficient (Wildman–Crippen LogP) is 5.03. The molecule has 11 nitrogen and oxygen atoms in total. The number of aliphatic hydroxyl groups is 2. The van der Waals surface area contributed by atoms with Crippen molar-refractivity contribution in [2.75, 3.05) is 0 Å². The Bertz CT molecular complexity index is 1450. The van der Waals surface area contributed by atoms with Crippen molar-refractivity contribution in [3.63, 3.8) is 0 Å². The molecule has 1 unspecified atom stereocenters. The number of ketones is 1. The maximum Gasteiger partial charge on any atom is 0.426 e. The maximum atomic E-state index is 17.5. The van der Waals surface area contributed by atoms with Crippen LogP contribution in [0.25, 0.3) is 0 Å². The molecule has 0 spiro atoms. The molecule has 0 aliphatic heterocycles. The van der Waals surface area contributed by atoms with Crippen LogP contribution in [0.3, 0.4) is 0 Å². The summed E-state index contributed by atoms with van der Waals surface area (Å²) in [6.45, 7) is 7.42. The van der Waals surface area contributed by atoms with Gasteiger partial charge in [-0.1, -0.05) is 44.9 Å². The highest BCUT2D eigenvalue weighted by atomic mass is 19.1. The Balaban J connectivity index is 1.17. The van der Waals surface area contributed by atoms with Gasteiger partial charge in [0.15, 0.2) is 11.5 Å². The molecule has 5 N–H and O–H groups in total. The van der Waals surface area contributed by atoms with E-state index in [4.69, 9.17) is 4.74 Å². The molecule has 0 radical (unpaired) electrons. The summed E-state index contributed by atoms with van der Waals surface area (Å²) in [4.78, 5) is 49.3. The van der Waals surface area contributed by atoms with Crippen molar-refractivity contribution in [3.05, 3.63) is 36.0 Å². The molecule has 3 fully saturated rings. The first-order valence-electron chi connectivity index (χ1n) is 18.0. The Morgan fingerprint density at radius 2 is 1.84 bits per heavy atom. The van der Waals surface area contributed by atoms with Gasteiger partial charge in [0.1, 0.15) is 11.7 Å². The predicted molar refractivity (Wildman–Crippen MR) is 181 cm³/mol. The number of allylic oxidation sites excluding steroid dienone is 5. The summed E-state index contributed by atoms with van der Waals surface area (Å²) in [7, 11) is 0. The van der Waals surface area contributed by atoms with E-state index in [2.05, 4.69) is 21.4 Å². The Kier molecular flexibility index (Phi) is 10.9. The van der Waals surface area contributed by atoms with Crippen LogP contribution >= 0.6 is 0 Å². The molecule has 270 valence electrons. The van der Waals surface area contributed by atoms with Crippen LogP contribution < -0.4 is 16.3 Å². The number of fused-ring (bicyclic) bond motifs is 5. The van der Waals surface area contributed by atoms with Gasteiger partial charge in [-0.15, -0.1) is 0 Å². The van der Waals surface area contributed by atoms with Gasteiger partial charge >= 0.3 is 6.09 Å². The van der Waals surface area contributed by atoms with Crippen molar-refractivity contribution in [1.82, 2.24) is 16.3 Å². The van der Waals surface area contributed by atoms with Gasteiger partial charge in [0, 0.05) is 29.6 Å². The highest BCUT2D eigenvalue weighted by Crippen LogP contribution is 2.70. The molecule has 0 aromatic carbocycles. The maximum absolute atomic E-state index is 17.5. The van der Waals surface area contributed by atoms with Crippen molar-refractivity contribution in [2.24, 2.45) is 33.7 Å². The molecule has 0 bridgehead atoms. The number of hydrazine groups is 1. The van der Waals surface area contributed by atoms with Crippen LogP contribution in [0.5, 0.6) is 0 Å². The molecule has 0 saturated heterocycles. The average molecular weight is 685 g/mol. The standard InChI is InChI=1S/C37H53FN4O7/c1-5-29(39-40-31(45)14-11-15-32(46)41-42-33(47)49-26-12-9-7-6-8-10-13-26)37(48)23(2)20-28-27-17-16-24-21-25(43)18-19-34(24,3)36(27,38)30(44)22-35(28,37)4/h9,12,18-19,21,23,26-28,30,44,48H,5-8,10-11,13-17,20,22H2,1-4H3,(H,40,45)(H,41,46)(H,42,47)/b12-9+,39-29-/t23-,26?,27+,28+,30+,34+,35+,36+,37+/m1/s1. The van der Waals surface area contributed by atoms with Crippen LogP contribution in [0.2, 0.25) is 0 Å². The summed E-state index contributed by atoms with van der Waals surface area (Å²) < 4.78 is 22.8. The fourth-order valence-corrected chi connectivity index (χ4v) is 9.77. The number of hydrazone groups is 1. The quantitative estimate of drug-likeness (QED) is 0.136. The number of ether oxygens (including phenoxy) is 1. The minimum atomic E-state index is -2.01. The largest absolute Gasteiger partial charge is 0.441 e. The molecule has 5 aliphatic carbocycles. The van der Waals surface area contributed by atoms with Crippen LogP contribution in [0, 0.1) is 28.6 Å². The molecule has 5 rings (SSSR count). The Morgan fingerprint density at radius 1 is 1.08 bits per heavy atom. The van der Waals surface area contributed by atoms with Gasteiger partial charge in [-0.3, -0.25) is 19.8 Å². The number of rotatable bonds is 8. The molecule has 12 heteroatoms. The van der Waals surface area contributed by atoms with Crippen LogP contribution in [-0.4, -0.2) is 63.1 Å². The SMILES string of the molecule is CC/C(=N/NC(=O)CCCC(=O)NNC(=O)OC1/C=C/CCCCC1)[C@@]1(O)[C@H](C)C[C@H]2[C@@H]3CCC4=CC(=O)C=C[C@]4(C)[C@@]3(F)[C@@H](O)C[C@@]21C. The first-order valence-corrected chi connectivity index (χ1v) is 18.0. The number of hydrogen-bond donors (Lipinski definition) is 5. The van der Waals surface area contributed by atoms with Crippen LogP contribution in [0.4, 0.5) is 9.18 Å². The lowest BCUT2D eigenvalue weighted by Gasteiger charge is -2.62. The van der Waals surface area contributed by atoms with Gasteiger partial charge in [-0.25, -0.2) is 20.0 Å². The molecule has 3 amide bonds. The lowest BCUT2D eigenvalue weighted by Crippen LogP contribution is -2.69. The van der Waals surface area contributed by atoms with Gasteiger partial charge < -0.3 is 14.9 Å². The van der Waals surface area contributed by atoms with Crippen molar-refractivity contribution in [2.45, 2.75) is 135 Å². The number of nitrogens with one attached hydrogen (secondary N) is 3. The second-order valence-electron chi connectivity index (χ2n) is 15.2. The van der Waals surface area contributed by atoms with Crippen LogP contribution in [-0.2, 0) is 19.1 Å². The monoisotopic (exact) mass is 684 g/mol. The van der Waals surface area contributed by atoms with E-state index in [-0.39, 0.29) is 49.4 Å². The fraction of sp³-hybridized carbons (Fsp3) is 0.703. The molecule has 3 saturated carbocycles. The highest BCUT2D eigenvalue weighted by Gasteiger charge is 2.75. The molecule has 49 heavy (non-hydrogen) atoms. The zero-order chi connectivity index (χ0) is 35.6. The van der Waals surface area contributed by atoms with E-state index < -0.39 is 52.0 Å². The number of carbonyl (C=O) groups is 4. The number of hydrogen-bond acceptors (Lipinski definition) is 8. The molecule has 5 aliphatic rings. The van der Waals surface area contributed by atoms with Gasteiger partial charge in [-0.2, -0.15) is 5.10 Å². The number of amides is 3. The van der Waals surface area contributed by atoms with E-state index in [1.807, 2.05) is 32.9 Å². The zero-order valence-corrected chi connectivity index (χ0v) is 29.2. The van der Waals surface area contributed by atoms with E-state index in [0.29, 0.717) is 37.0 Å². The second kappa shape index (κ2) is 14.5.